The molecule has 1 fully saturated rings. The van der Waals surface area contributed by atoms with Crippen molar-refractivity contribution in [3.63, 3.8) is 0 Å². The predicted octanol–water partition coefficient (Wildman–Crippen LogP) is 1.85. The first-order valence-electron chi connectivity index (χ1n) is 9.38. The first-order chi connectivity index (χ1) is 11.7. The van der Waals surface area contributed by atoms with Crippen LogP contribution in [0, 0.1) is 0 Å². The van der Waals surface area contributed by atoms with Crippen molar-refractivity contribution in [2.24, 2.45) is 0 Å². The summed E-state index contributed by atoms with van der Waals surface area (Å²) in [7, 11) is 0. The van der Waals surface area contributed by atoms with Crippen LogP contribution in [-0.4, -0.2) is 51.4 Å². The minimum absolute atomic E-state index is 0.0302. The molecular formula is C17H30N6O. The van der Waals surface area contributed by atoms with Crippen molar-refractivity contribution < 1.29 is 4.79 Å². The van der Waals surface area contributed by atoms with Gasteiger partial charge in [-0.3, -0.25) is 0 Å². The lowest BCUT2D eigenvalue weighted by molar-refractivity contribution is 0.227. The zero-order valence-electron chi connectivity index (χ0n) is 14.9. The average molecular weight is 334 g/mol. The minimum Gasteiger partial charge on any atom is -0.336 e. The number of carbonyl (C=O) groups is 1. The maximum Gasteiger partial charge on any atom is 0.315 e. The molecule has 3 heterocycles. The van der Waals surface area contributed by atoms with E-state index in [2.05, 4.69) is 39.5 Å². The maximum absolute atomic E-state index is 12.3. The summed E-state index contributed by atoms with van der Waals surface area (Å²) in [6.45, 7) is 8.51. The second kappa shape index (κ2) is 7.96. The van der Waals surface area contributed by atoms with Crippen molar-refractivity contribution in [1.82, 2.24) is 30.3 Å². The van der Waals surface area contributed by atoms with Gasteiger partial charge in [0.05, 0.1) is 6.04 Å². The number of rotatable bonds is 6. The van der Waals surface area contributed by atoms with Crippen molar-refractivity contribution in [2.75, 3.05) is 19.6 Å². The van der Waals surface area contributed by atoms with Crippen molar-refractivity contribution >= 4 is 6.03 Å². The molecule has 1 saturated heterocycles. The van der Waals surface area contributed by atoms with Crippen LogP contribution < -0.4 is 10.6 Å². The lowest BCUT2D eigenvalue weighted by Gasteiger charge is -2.25. The number of hydrogen-bond donors (Lipinski definition) is 2. The van der Waals surface area contributed by atoms with Crippen LogP contribution in [0.3, 0.4) is 0 Å². The number of hydrogen-bond acceptors (Lipinski definition) is 4. The highest BCUT2D eigenvalue weighted by Gasteiger charge is 2.25. The molecule has 2 atom stereocenters. The van der Waals surface area contributed by atoms with Gasteiger partial charge >= 0.3 is 6.03 Å². The van der Waals surface area contributed by atoms with E-state index in [-0.39, 0.29) is 18.1 Å². The molecule has 0 radical (unpaired) electrons. The van der Waals surface area contributed by atoms with Crippen LogP contribution in [0.2, 0.25) is 0 Å². The summed E-state index contributed by atoms with van der Waals surface area (Å²) in [5.74, 6) is 1.76. The Morgan fingerprint density at radius 1 is 1.29 bits per heavy atom. The molecular weight excluding hydrogens is 304 g/mol. The highest BCUT2D eigenvalue weighted by molar-refractivity contribution is 5.74. The molecule has 0 bridgehead atoms. The van der Waals surface area contributed by atoms with Crippen LogP contribution >= 0.6 is 0 Å². The van der Waals surface area contributed by atoms with Gasteiger partial charge in [-0.25, -0.2) is 14.5 Å². The normalized spacial score (nSPS) is 22.2. The molecule has 3 rings (SSSR count). The van der Waals surface area contributed by atoms with Gasteiger partial charge in [-0.2, -0.15) is 5.10 Å². The smallest absolute Gasteiger partial charge is 0.315 e. The maximum atomic E-state index is 12.3. The molecule has 2 aliphatic heterocycles. The van der Waals surface area contributed by atoms with Crippen molar-refractivity contribution in [2.45, 2.75) is 71.0 Å². The fourth-order valence-corrected chi connectivity index (χ4v) is 3.56. The molecule has 7 heteroatoms. The summed E-state index contributed by atoms with van der Waals surface area (Å²) in [5.41, 5.74) is 0. The summed E-state index contributed by atoms with van der Waals surface area (Å²) in [4.78, 5) is 19.4. The van der Waals surface area contributed by atoms with Crippen molar-refractivity contribution in [3.05, 3.63) is 11.6 Å². The lowest BCUT2D eigenvalue weighted by atomic mass is 10.1. The van der Waals surface area contributed by atoms with Crippen LogP contribution in [0.25, 0.3) is 0 Å². The number of aromatic nitrogens is 3. The third kappa shape index (κ3) is 4.26. The first-order valence-corrected chi connectivity index (χ1v) is 9.38. The van der Waals surface area contributed by atoms with Gasteiger partial charge in [0, 0.05) is 25.6 Å². The lowest BCUT2D eigenvalue weighted by Crippen LogP contribution is -2.44. The monoisotopic (exact) mass is 334 g/mol. The van der Waals surface area contributed by atoms with Crippen LogP contribution in [0.5, 0.6) is 0 Å². The van der Waals surface area contributed by atoms with E-state index in [1.54, 1.807) is 0 Å². The Morgan fingerprint density at radius 3 is 2.83 bits per heavy atom. The van der Waals surface area contributed by atoms with Gasteiger partial charge in [-0.15, -0.1) is 0 Å². The number of nitrogens with zero attached hydrogens (tertiary/aromatic N) is 4. The Kier molecular flexibility index (Phi) is 5.71. The highest BCUT2D eigenvalue weighted by atomic mass is 16.2. The summed E-state index contributed by atoms with van der Waals surface area (Å²) in [5, 5.41) is 10.6. The minimum atomic E-state index is -0.0941. The number of likely N-dealkylation sites (tertiary alicyclic amines) is 1. The third-order valence-electron chi connectivity index (χ3n) is 4.99. The molecule has 1 aromatic heterocycles. The number of amides is 2. The molecule has 2 N–H and O–H groups in total. The molecule has 0 saturated carbocycles. The molecule has 0 aliphatic carbocycles. The van der Waals surface area contributed by atoms with Crippen LogP contribution in [0.4, 0.5) is 4.79 Å². The van der Waals surface area contributed by atoms with E-state index >= 15 is 0 Å². The van der Waals surface area contributed by atoms with Gasteiger partial charge in [0.2, 0.25) is 0 Å². The summed E-state index contributed by atoms with van der Waals surface area (Å²) in [6, 6.07) is 0.0546. The number of aryl methyl sites for hydroxylation is 2. The molecule has 1 aromatic rings. The van der Waals surface area contributed by atoms with Gasteiger partial charge in [0.15, 0.2) is 5.82 Å². The van der Waals surface area contributed by atoms with Gasteiger partial charge in [0.25, 0.3) is 0 Å². The van der Waals surface area contributed by atoms with Crippen LogP contribution in [-0.2, 0) is 13.0 Å². The van der Waals surface area contributed by atoms with E-state index < -0.39 is 0 Å². The molecule has 2 aliphatic rings. The zero-order valence-corrected chi connectivity index (χ0v) is 14.9. The van der Waals surface area contributed by atoms with Crippen molar-refractivity contribution in [3.8, 4) is 0 Å². The van der Waals surface area contributed by atoms with Crippen molar-refractivity contribution in [1.29, 1.82) is 0 Å². The fraction of sp³-hybridized carbons (Fsp3) is 0.824. The standard InChI is InChI=1S/C17H30N6O/c1-3-15-20-16-14(7-6-11-23(16)21-15)19-17(24)18-13(2)8-12-22-9-4-5-10-22/h13-14H,3-12H2,1-2H3,(H2,18,19,24)/t13-,14+/m1/s1. The Balaban J connectivity index is 1.47. The van der Waals surface area contributed by atoms with Gasteiger partial charge in [0.1, 0.15) is 5.82 Å². The molecule has 24 heavy (non-hydrogen) atoms. The van der Waals surface area contributed by atoms with E-state index in [0.29, 0.717) is 0 Å². The molecule has 0 aromatic carbocycles. The zero-order chi connectivity index (χ0) is 16.9. The Bertz CT molecular complexity index is 551. The first kappa shape index (κ1) is 17.2. The number of urea groups is 1. The third-order valence-corrected chi connectivity index (χ3v) is 4.99. The number of nitrogens with one attached hydrogen (secondary N) is 2. The number of carbonyl (C=O) groups excluding carboxylic acids is 1. The molecule has 134 valence electrons. The van der Waals surface area contributed by atoms with Gasteiger partial charge < -0.3 is 15.5 Å². The molecule has 7 nitrogen and oxygen atoms in total. The largest absolute Gasteiger partial charge is 0.336 e. The van der Waals surface area contributed by atoms with E-state index in [9.17, 15) is 4.79 Å². The van der Waals surface area contributed by atoms with E-state index in [0.717, 1.165) is 50.4 Å². The fourth-order valence-electron chi connectivity index (χ4n) is 3.56. The average Bonchev–Trinajstić information content (AvgIpc) is 3.22. The summed E-state index contributed by atoms with van der Waals surface area (Å²) in [6.07, 6.45) is 6.39. The Morgan fingerprint density at radius 2 is 2.08 bits per heavy atom. The molecule has 0 spiro atoms. The van der Waals surface area contributed by atoms with Gasteiger partial charge in [-0.05, 0) is 52.1 Å². The van der Waals surface area contributed by atoms with E-state index in [1.165, 1.54) is 25.9 Å². The number of fused-ring (bicyclic) bond motifs is 1. The summed E-state index contributed by atoms with van der Waals surface area (Å²) >= 11 is 0. The summed E-state index contributed by atoms with van der Waals surface area (Å²) < 4.78 is 1.95. The van der Waals surface area contributed by atoms with Crippen LogP contribution in [0.1, 0.15) is 63.6 Å². The van der Waals surface area contributed by atoms with E-state index in [1.807, 2.05) is 4.68 Å². The molecule has 2 amide bonds. The Hall–Kier alpha value is -1.63. The predicted molar refractivity (Wildman–Crippen MR) is 92.8 cm³/mol. The second-order valence-electron chi connectivity index (χ2n) is 7.01. The molecule has 0 unspecified atom stereocenters. The topological polar surface area (TPSA) is 75.1 Å². The highest BCUT2D eigenvalue weighted by Crippen LogP contribution is 2.23. The SMILES string of the molecule is CCc1nc2n(n1)CCC[C@@H]2NC(=O)N[C@H](C)CCN1CCCC1. The second-order valence-corrected chi connectivity index (χ2v) is 7.01. The van der Waals surface area contributed by atoms with Crippen LogP contribution in [0.15, 0.2) is 0 Å². The quantitative estimate of drug-likeness (QED) is 0.832. The van der Waals surface area contributed by atoms with Gasteiger partial charge in [-0.1, -0.05) is 6.92 Å². The van der Waals surface area contributed by atoms with E-state index in [4.69, 9.17) is 0 Å². The Labute approximate surface area is 144 Å².